The Hall–Kier alpha value is -1.57. The Morgan fingerprint density at radius 2 is 2.14 bits per heavy atom. The maximum absolute atomic E-state index is 12.2. The molecule has 0 atom stereocenters. The number of fused-ring (bicyclic) bond motifs is 1. The number of hydrogen-bond donors (Lipinski definition) is 2. The second kappa shape index (κ2) is 5.32. The number of rotatable bonds is 4. The van der Waals surface area contributed by atoms with Crippen LogP contribution in [0.25, 0.3) is 11.0 Å². The minimum Gasteiger partial charge on any atom is -0.342 e. The molecule has 0 aliphatic heterocycles. The van der Waals surface area contributed by atoms with Gasteiger partial charge in [-0.15, -0.1) is 11.3 Å². The highest BCUT2D eigenvalue weighted by Gasteiger charge is 2.17. The van der Waals surface area contributed by atoms with Gasteiger partial charge in [0.2, 0.25) is 0 Å². The summed E-state index contributed by atoms with van der Waals surface area (Å²) in [6, 6.07) is 8.25. The number of imidazole rings is 1. The van der Waals surface area contributed by atoms with Crippen molar-refractivity contribution < 1.29 is 8.42 Å². The van der Waals surface area contributed by atoms with Gasteiger partial charge in [0.05, 0.1) is 21.1 Å². The summed E-state index contributed by atoms with van der Waals surface area (Å²) >= 11 is 6.80. The summed E-state index contributed by atoms with van der Waals surface area (Å²) < 4.78 is 27.6. The summed E-state index contributed by atoms with van der Waals surface area (Å²) in [5.74, 6) is 0.870. The van der Waals surface area contributed by atoms with Crippen molar-refractivity contribution in [2.45, 2.75) is 17.6 Å². The van der Waals surface area contributed by atoms with Gasteiger partial charge in [-0.2, -0.15) is 0 Å². The zero-order valence-corrected chi connectivity index (χ0v) is 13.4. The topological polar surface area (TPSA) is 74.8 Å². The predicted molar refractivity (Wildman–Crippen MR) is 85.6 cm³/mol. The van der Waals surface area contributed by atoms with Gasteiger partial charge in [0.15, 0.2) is 0 Å². The first-order chi connectivity index (χ1) is 9.98. The molecular formula is C13H12ClN3O2S2. The Bertz CT molecular complexity index is 899. The minimum atomic E-state index is -3.61. The van der Waals surface area contributed by atoms with Crippen molar-refractivity contribution in [2.75, 3.05) is 4.72 Å². The van der Waals surface area contributed by atoms with Gasteiger partial charge in [-0.1, -0.05) is 18.5 Å². The molecule has 0 saturated carbocycles. The van der Waals surface area contributed by atoms with Crippen molar-refractivity contribution in [3.63, 3.8) is 0 Å². The SMILES string of the molecule is CCc1nc2ccc(NS(=O)(=O)c3ccc(Cl)s3)cc2[nH]1. The number of benzene rings is 1. The number of thiophene rings is 1. The third-order valence-electron chi connectivity index (χ3n) is 2.93. The Morgan fingerprint density at radius 1 is 1.33 bits per heavy atom. The molecule has 8 heteroatoms. The molecule has 5 nitrogen and oxygen atoms in total. The van der Waals surface area contributed by atoms with Crippen molar-refractivity contribution in [2.24, 2.45) is 0 Å². The summed E-state index contributed by atoms with van der Waals surface area (Å²) in [6.45, 7) is 2.00. The van der Waals surface area contributed by atoms with Gasteiger partial charge in [0, 0.05) is 6.42 Å². The number of nitrogens with zero attached hydrogens (tertiary/aromatic N) is 1. The van der Waals surface area contributed by atoms with Crippen LogP contribution in [0.5, 0.6) is 0 Å². The summed E-state index contributed by atoms with van der Waals surface area (Å²) in [6.07, 6.45) is 0.795. The highest BCUT2D eigenvalue weighted by Crippen LogP contribution is 2.28. The Morgan fingerprint density at radius 3 is 2.81 bits per heavy atom. The molecule has 0 radical (unpaired) electrons. The molecule has 0 unspecified atom stereocenters. The standard InChI is InChI=1S/C13H12ClN3O2S2/c1-2-12-15-9-4-3-8(7-10(9)16-12)17-21(18,19)13-6-5-11(14)20-13/h3-7,17H,2H2,1H3,(H,15,16). The lowest BCUT2D eigenvalue weighted by molar-refractivity contribution is 0.603. The van der Waals surface area contributed by atoms with E-state index in [1.807, 2.05) is 6.92 Å². The van der Waals surface area contributed by atoms with E-state index in [0.29, 0.717) is 10.0 Å². The van der Waals surface area contributed by atoms with Crippen LogP contribution in [0.4, 0.5) is 5.69 Å². The first-order valence-electron chi connectivity index (χ1n) is 6.25. The van der Waals surface area contributed by atoms with E-state index in [2.05, 4.69) is 14.7 Å². The van der Waals surface area contributed by atoms with Crippen LogP contribution in [-0.4, -0.2) is 18.4 Å². The average Bonchev–Trinajstić information content (AvgIpc) is 3.03. The van der Waals surface area contributed by atoms with Crippen LogP contribution in [0.3, 0.4) is 0 Å². The molecule has 0 bridgehead atoms. The second-order valence-electron chi connectivity index (χ2n) is 4.43. The van der Waals surface area contributed by atoms with Gasteiger partial charge in [-0.05, 0) is 30.3 Å². The lowest BCUT2D eigenvalue weighted by Crippen LogP contribution is -2.11. The third-order valence-corrected chi connectivity index (χ3v) is 6.04. The van der Waals surface area contributed by atoms with Gasteiger partial charge >= 0.3 is 0 Å². The molecule has 3 aromatic rings. The van der Waals surface area contributed by atoms with Crippen molar-refractivity contribution in [1.82, 2.24) is 9.97 Å². The van der Waals surface area contributed by atoms with Gasteiger partial charge < -0.3 is 4.98 Å². The zero-order chi connectivity index (χ0) is 15.0. The van der Waals surface area contributed by atoms with Crippen molar-refractivity contribution in [1.29, 1.82) is 0 Å². The van der Waals surface area contributed by atoms with Gasteiger partial charge in [0.1, 0.15) is 10.0 Å². The van der Waals surface area contributed by atoms with E-state index in [0.717, 1.165) is 34.6 Å². The van der Waals surface area contributed by atoms with E-state index < -0.39 is 10.0 Å². The van der Waals surface area contributed by atoms with Crippen LogP contribution in [0.15, 0.2) is 34.5 Å². The van der Waals surface area contributed by atoms with Gasteiger partial charge in [-0.3, -0.25) is 4.72 Å². The molecule has 110 valence electrons. The van der Waals surface area contributed by atoms with Crippen LogP contribution in [0.2, 0.25) is 4.34 Å². The molecule has 0 aliphatic carbocycles. The molecule has 2 heterocycles. The maximum atomic E-state index is 12.2. The summed E-state index contributed by atoms with van der Waals surface area (Å²) in [7, 11) is -3.61. The lowest BCUT2D eigenvalue weighted by atomic mass is 10.3. The van der Waals surface area contributed by atoms with Crippen LogP contribution in [0.1, 0.15) is 12.7 Å². The average molecular weight is 342 g/mol. The van der Waals surface area contributed by atoms with Crippen LogP contribution in [-0.2, 0) is 16.4 Å². The molecule has 2 N–H and O–H groups in total. The largest absolute Gasteiger partial charge is 0.342 e. The van der Waals surface area contributed by atoms with E-state index in [-0.39, 0.29) is 4.21 Å². The molecule has 3 rings (SSSR count). The fraction of sp³-hybridized carbons (Fsp3) is 0.154. The Kier molecular flexibility index (Phi) is 3.64. The highest BCUT2D eigenvalue weighted by molar-refractivity contribution is 7.94. The van der Waals surface area contributed by atoms with Crippen molar-refractivity contribution in [3.05, 3.63) is 40.5 Å². The summed E-state index contributed by atoms with van der Waals surface area (Å²) in [5.41, 5.74) is 2.10. The quantitative estimate of drug-likeness (QED) is 0.760. The van der Waals surface area contributed by atoms with Crippen LogP contribution >= 0.6 is 22.9 Å². The van der Waals surface area contributed by atoms with E-state index in [1.54, 1.807) is 24.3 Å². The van der Waals surface area contributed by atoms with E-state index in [4.69, 9.17) is 11.6 Å². The number of sulfonamides is 1. The molecule has 0 fully saturated rings. The number of aromatic nitrogens is 2. The molecule has 1 aromatic carbocycles. The third kappa shape index (κ3) is 2.90. The first-order valence-corrected chi connectivity index (χ1v) is 8.92. The Labute approximate surface area is 131 Å². The van der Waals surface area contributed by atoms with Gasteiger partial charge in [-0.25, -0.2) is 13.4 Å². The van der Waals surface area contributed by atoms with E-state index in [1.165, 1.54) is 6.07 Å². The fourth-order valence-electron chi connectivity index (χ4n) is 1.94. The lowest BCUT2D eigenvalue weighted by Gasteiger charge is -2.05. The molecule has 2 aromatic heterocycles. The number of anilines is 1. The summed E-state index contributed by atoms with van der Waals surface area (Å²) in [5, 5.41) is 0. The van der Waals surface area contributed by atoms with E-state index >= 15 is 0 Å². The molecule has 0 aliphatic rings. The minimum absolute atomic E-state index is 0.187. The maximum Gasteiger partial charge on any atom is 0.271 e. The van der Waals surface area contributed by atoms with Crippen molar-refractivity contribution >= 4 is 49.7 Å². The van der Waals surface area contributed by atoms with Gasteiger partial charge in [0.25, 0.3) is 10.0 Å². The second-order valence-corrected chi connectivity index (χ2v) is 8.06. The predicted octanol–water partition coefficient (Wildman–Crippen LogP) is 3.64. The molecule has 0 spiro atoms. The monoisotopic (exact) mass is 341 g/mol. The van der Waals surface area contributed by atoms with Crippen LogP contribution < -0.4 is 4.72 Å². The molecular weight excluding hydrogens is 330 g/mol. The van der Waals surface area contributed by atoms with E-state index in [9.17, 15) is 8.42 Å². The smallest absolute Gasteiger partial charge is 0.271 e. The number of halogens is 1. The summed E-state index contributed by atoms with van der Waals surface area (Å²) in [4.78, 5) is 7.53. The number of H-pyrrole nitrogens is 1. The molecule has 21 heavy (non-hydrogen) atoms. The normalized spacial score (nSPS) is 11.9. The van der Waals surface area contributed by atoms with Crippen molar-refractivity contribution in [3.8, 4) is 0 Å². The van der Waals surface area contributed by atoms with Crippen LogP contribution in [0, 0.1) is 0 Å². The molecule has 0 amide bonds. The highest BCUT2D eigenvalue weighted by atomic mass is 35.5. The molecule has 0 saturated heterocycles. The number of nitrogens with one attached hydrogen (secondary N) is 2. The fourth-order valence-corrected chi connectivity index (χ4v) is 4.47. The zero-order valence-electron chi connectivity index (χ0n) is 11.1. The number of aromatic amines is 1. The number of aryl methyl sites for hydroxylation is 1. The number of hydrogen-bond acceptors (Lipinski definition) is 4. The Balaban J connectivity index is 1.94. The first kappa shape index (κ1) is 14.4.